The Morgan fingerprint density at radius 2 is 1.75 bits per heavy atom. The van der Waals surface area contributed by atoms with Crippen molar-refractivity contribution in [2.45, 2.75) is 19.4 Å². The number of benzene rings is 2. The molecule has 0 atom stereocenters. The average molecular weight is 399 g/mol. The Morgan fingerprint density at radius 1 is 1.04 bits per heavy atom. The van der Waals surface area contributed by atoms with Crippen LogP contribution in [0.2, 0.25) is 0 Å². The van der Waals surface area contributed by atoms with Crippen molar-refractivity contribution in [3.63, 3.8) is 0 Å². The fraction of sp³-hybridized carbons (Fsp3) is 0.333. The van der Waals surface area contributed by atoms with E-state index < -0.39 is 0 Å². The van der Waals surface area contributed by atoms with Crippen molar-refractivity contribution in [1.82, 2.24) is 10.3 Å². The topological polar surface area (TPSA) is 58.1 Å². The first-order valence-corrected chi connectivity index (χ1v) is 9.69. The van der Waals surface area contributed by atoms with Crippen molar-refractivity contribution in [2.24, 2.45) is 5.10 Å². The molecular weight excluding hydrogens is 372 g/mol. The van der Waals surface area contributed by atoms with Crippen molar-refractivity contribution in [3.8, 4) is 11.5 Å². The average Bonchev–Trinajstić information content (AvgIpc) is 2.74. The highest BCUT2D eigenvalue weighted by molar-refractivity contribution is 7.80. The Morgan fingerprint density at radius 3 is 2.43 bits per heavy atom. The number of nitrogens with zero attached hydrogens (tertiary/aromatic N) is 2. The molecule has 3 rings (SSSR count). The van der Waals surface area contributed by atoms with E-state index in [0.29, 0.717) is 16.6 Å². The maximum Gasteiger partial charge on any atom is 0.191 e. The molecule has 7 heteroatoms. The number of anilines is 1. The molecule has 2 N–H and O–H groups in total. The zero-order valence-corrected chi connectivity index (χ0v) is 17.1. The lowest BCUT2D eigenvalue weighted by molar-refractivity contribution is 0.266. The number of hydrogen-bond acceptors (Lipinski definition) is 5. The van der Waals surface area contributed by atoms with E-state index in [-0.39, 0.29) is 0 Å². The van der Waals surface area contributed by atoms with Gasteiger partial charge in [-0.25, -0.2) is 0 Å². The van der Waals surface area contributed by atoms with E-state index in [4.69, 9.17) is 21.7 Å². The normalized spacial score (nSPS) is 14.3. The molecule has 0 aromatic heterocycles. The van der Waals surface area contributed by atoms with Gasteiger partial charge in [0, 0.05) is 49.9 Å². The Balaban J connectivity index is 1.46. The van der Waals surface area contributed by atoms with E-state index >= 15 is 0 Å². The summed E-state index contributed by atoms with van der Waals surface area (Å²) in [6, 6.07) is 16.1. The van der Waals surface area contributed by atoms with Gasteiger partial charge in [-0.1, -0.05) is 30.3 Å². The number of rotatable bonds is 6. The van der Waals surface area contributed by atoms with Crippen molar-refractivity contribution in [2.75, 3.05) is 32.6 Å². The molecule has 1 aliphatic heterocycles. The minimum atomic E-state index is 0.450. The molecule has 28 heavy (non-hydrogen) atoms. The fourth-order valence-electron chi connectivity index (χ4n) is 3.13. The van der Waals surface area contributed by atoms with E-state index in [9.17, 15) is 0 Å². The van der Waals surface area contributed by atoms with Crippen LogP contribution in [0.5, 0.6) is 11.5 Å². The van der Waals surface area contributed by atoms with Crippen molar-refractivity contribution in [1.29, 1.82) is 0 Å². The van der Waals surface area contributed by atoms with Gasteiger partial charge < -0.3 is 14.8 Å². The Bertz CT molecular complexity index is 816. The summed E-state index contributed by atoms with van der Waals surface area (Å²) >= 11 is 5.34. The van der Waals surface area contributed by atoms with Crippen LogP contribution in [0, 0.1) is 0 Å². The maximum absolute atomic E-state index is 5.34. The predicted molar refractivity (Wildman–Crippen MR) is 117 cm³/mol. The number of hydrogen-bond donors (Lipinski definition) is 2. The molecule has 0 unspecified atom stereocenters. The molecule has 1 fully saturated rings. The lowest BCUT2D eigenvalue weighted by Gasteiger charge is -2.27. The first kappa shape index (κ1) is 20.1. The van der Waals surface area contributed by atoms with Crippen LogP contribution in [0.3, 0.4) is 0 Å². The minimum absolute atomic E-state index is 0.450. The summed E-state index contributed by atoms with van der Waals surface area (Å²) in [6.07, 6.45) is 1.89. The number of likely N-dealkylation sites (tertiary alicyclic amines) is 1. The smallest absolute Gasteiger partial charge is 0.191 e. The Hall–Kier alpha value is -2.64. The van der Waals surface area contributed by atoms with Gasteiger partial charge in [-0.05, 0) is 29.9 Å². The second kappa shape index (κ2) is 10.1. The first-order chi connectivity index (χ1) is 13.7. The third kappa shape index (κ3) is 5.68. The Labute approximate surface area is 171 Å². The summed E-state index contributed by atoms with van der Waals surface area (Å²) in [5.41, 5.74) is 6.25. The minimum Gasteiger partial charge on any atom is -0.493 e. The number of ether oxygens (including phenoxy) is 2. The van der Waals surface area contributed by atoms with Crippen LogP contribution >= 0.6 is 12.2 Å². The predicted octanol–water partition coefficient (Wildman–Crippen LogP) is 3.64. The third-order valence-electron chi connectivity index (χ3n) is 4.64. The summed E-state index contributed by atoms with van der Waals surface area (Å²) in [5, 5.41) is 8.04. The summed E-state index contributed by atoms with van der Waals surface area (Å²) in [5.74, 6) is 1.32. The molecule has 6 nitrogen and oxygen atoms in total. The van der Waals surface area contributed by atoms with Gasteiger partial charge in [-0.2, -0.15) is 5.10 Å². The van der Waals surface area contributed by atoms with Gasteiger partial charge in [0.05, 0.1) is 14.2 Å². The zero-order chi connectivity index (χ0) is 19.8. The van der Waals surface area contributed by atoms with Gasteiger partial charge in [-0.3, -0.25) is 10.3 Å². The number of thiocarbonyl (C=S) groups is 1. The highest BCUT2D eigenvalue weighted by Crippen LogP contribution is 2.29. The second-order valence-electron chi connectivity index (χ2n) is 6.58. The van der Waals surface area contributed by atoms with Crippen LogP contribution in [0.25, 0.3) is 0 Å². The number of nitrogens with one attached hydrogen (secondary N) is 2. The molecule has 0 spiro atoms. The first-order valence-electron chi connectivity index (χ1n) is 9.28. The number of piperidine rings is 1. The van der Waals surface area contributed by atoms with Crippen LogP contribution in [0.15, 0.2) is 53.6 Å². The standard InChI is InChI=1S/C21H26N4O2S/c1-26-19-9-8-18(14-20(19)27-2)22-21(28)24-23-17-10-12-25(13-11-17)15-16-6-4-3-5-7-16/h3-9,14H,10-13,15H2,1-2H3,(H2,22,24,28). The molecule has 0 aliphatic carbocycles. The van der Waals surface area contributed by atoms with Gasteiger partial charge in [-0.15, -0.1) is 0 Å². The van der Waals surface area contributed by atoms with Gasteiger partial charge in [0.1, 0.15) is 0 Å². The number of methoxy groups -OCH3 is 2. The molecule has 2 aromatic rings. The molecule has 1 saturated heterocycles. The van der Waals surface area contributed by atoms with E-state index in [1.165, 1.54) is 5.56 Å². The van der Waals surface area contributed by atoms with Gasteiger partial charge in [0.2, 0.25) is 0 Å². The van der Waals surface area contributed by atoms with E-state index in [2.05, 4.69) is 51.1 Å². The molecule has 0 bridgehead atoms. The molecule has 2 aromatic carbocycles. The van der Waals surface area contributed by atoms with Crippen molar-refractivity contribution >= 4 is 28.7 Å². The molecule has 0 saturated carbocycles. The maximum atomic E-state index is 5.34. The van der Waals surface area contributed by atoms with Crippen LogP contribution < -0.4 is 20.2 Å². The highest BCUT2D eigenvalue weighted by atomic mass is 32.1. The van der Waals surface area contributed by atoms with E-state index in [1.807, 2.05) is 18.2 Å². The molecular formula is C21H26N4O2S. The fourth-order valence-corrected chi connectivity index (χ4v) is 3.29. The van der Waals surface area contributed by atoms with Crippen LogP contribution in [0.4, 0.5) is 5.69 Å². The molecule has 0 radical (unpaired) electrons. The SMILES string of the molecule is COc1ccc(NC(=S)NN=C2CCN(Cc3ccccc3)CC2)cc1OC. The zero-order valence-electron chi connectivity index (χ0n) is 16.3. The monoisotopic (exact) mass is 398 g/mol. The Kier molecular flexibility index (Phi) is 7.22. The van der Waals surface area contributed by atoms with Crippen molar-refractivity contribution in [3.05, 3.63) is 54.1 Å². The molecule has 1 heterocycles. The third-order valence-corrected chi connectivity index (χ3v) is 4.83. The highest BCUT2D eigenvalue weighted by Gasteiger charge is 2.15. The summed E-state index contributed by atoms with van der Waals surface area (Å²) in [7, 11) is 3.22. The van der Waals surface area contributed by atoms with Crippen molar-refractivity contribution < 1.29 is 9.47 Å². The quantitative estimate of drug-likeness (QED) is 0.572. The molecule has 1 aliphatic rings. The second-order valence-corrected chi connectivity index (χ2v) is 6.98. The summed E-state index contributed by atoms with van der Waals surface area (Å²) in [6.45, 7) is 3.00. The summed E-state index contributed by atoms with van der Waals surface area (Å²) in [4.78, 5) is 2.45. The number of hydrazone groups is 1. The van der Waals surface area contributed by atoms with Gasteiger partial charge >= 0.3 is 0 Å². The van der Waals surface area contributed by atoms with Gasteiger partial charge in [0.25, 0.3) is 0 Å². The lowest BCUT2D eigenvalue weighted by Crippen LogP contribution is -2.35. The van der Waals surface area contributed by atoms with E-state index in [0.717, 1.165) is 43.9 Å². The molecule has 0 amide bonds. The van der Waals surface area contributed by atoms with Crippen LogP contribution in [0.1, 0.15) is 18.4 Å². The summed E-state index contributed by atoms with van der Waals surface area (Å²) < 4.78 is 10.5. The lowest BCUT2D eigenvalue weighted by atomic mass is 10.1. The van der Waals surface area contributed by atoms with Gasteiger partial charge in [0.15, 0.2) is 16.6 Å². The molecule has 148 valence electrons. The largest absolute Gasteiger partial charge is 0.493 e. The van der Waals surface area contributed by atoms with Crippen LogP contribution in [-0.2, 0) is 6.54 Å². The van der Waals surface area contributed by atoms with Crippen LogP contribution in [-0.4, -0.2) is 43.0 Å². The van der Waals surface area contributed by atoms with E-state index in [1.54, 1.807) is 14.2 Å².